The molecule has 92 valence electrons. The molecule has 2 aromatic rings. The highest BCUT2D eigenvalue weighted by Crippen LogP contribution is 2.33. The fraction of sp³-hybridized carbons (Fsp3) is 0.333. The minimum atomic E-state index is 0.655. The van der Waals surface area contributed by atoms with Crippen molar-refractivity contribution in [1.82, 2.24) is 15.3 Å². The van der Waals surface area contributed by atoms with Gasteiger partial charge in [-0.1, -0.05) is 24.3 Å². The molecule has 0 amide bonds. The molecule has 1 aromatic heterocycles. The van der Waals surface area contributed by atoms with Crippen LogP contribution in [0.15, 0.2) is 43.0 Å². The first-order valence-corrected chi connectivity index (χ1v) is 6.50. The van der Waals surface area contributed by atoms with Crippen molar-refractivity contribution in [2.75, 3.05) is 13.1 Å². The normalized spacial score (nSPS) is 16.7. The van der Waals surface area contributed by atoms with E-state index in [1.807, 2.05) is 12.4 Å². The molecule has 1 aliphatic rings. The highest BCUT2D eigenvalue weighted by Gasteiger charge is 2.18. The van der Waals surface area contributed by atoms with Crippen LogP contribution in [0.4, 0.5) is 0 Å². The van der Waals surface area contributed by atoms with E-state index in [4.69, 9.17) is 0 Å². The summed E-state index contributed by atoms with van der Waals surface area (Å²) in [6.45, 7) is 2.23. The Morgan fingerprint density at radius 1 is 1.00 bits per heavy atom. The number of hydrogen-bond acceptors (Lipinski definition) is 3. The van der Waals surface area contributed by atoms with Crippen LogP contribution in [0.1, 0.15) is 24.3 Å². The van der Waals surface area contributed by atoms with Crippen molar-refractivity contribution in [3.8, 4) is 11.1 Å². The van der Waals surface area contributed by atoms with Crippen LogP contribution in [-0.2, 0) is 0 Å². The summed E-state index contributed by atoms with van der Waals surface area (Å²) in [5.41, 5.74) is 3.84. The zero-order chi connectivity index (χ0) is 12.2. The van der Waals surface area contributed by atoms with Crippen LogP contribution in [0.3, 0.4) is 0 Å². The number of aromatic nitrogens is 2. The van der Waals surface area contributed by atoms with E-state index in [2.05, 4.69) is 39.6 Å². The smallest absolute Gasteiger partial charge is 0.115 e. The predicted molar refractivity (Wildman–Crippen MR) is 72.3 cm³/mol. The van der Waals surface area contributed by atoms with Crippen LogP contribution < -0.4 is 5.32 Å². The fourth-order valence-electron chi connectivity index (χ4n) is 2.69. The highest BCUT2D eigenvalue weighted by molar-refractivity contribution is 5.66. The second-order valence-corrected chi connectivity index (χ2v) is 4.74. The molecule has 0 radical (unpaired) electrons. The molecule has 0 saturated carbocycles. The van der Waals surface area contributed by atoms with Gasteiger partial charge in [-0.05, 0) is 43.0 Å². The van der Waals surface area contributed by atoms with Crippen LogP contribution in [-0.4, -0.2) is 23.1 Å². The summed E-state index contributed by atoms with van der Waals surface area (Å²) in [6, 6.07) is 8.64. The van der Waals surface area contributed by atoms with Crippen molar-refractivity contribution in [1.29, 1.82) is 0 Å². The average Bonchev–Trinajstić information content (AvgIpc) is 2.49. The summed E-state index contributed by atoms with van der Waals surface area (Å²) in [4.78, 5) is 8.25. The van der Waals surface area contributed by atoms with E-state index in [-0.39, 0.29) is 0 Å². The summed E-state index contributed by atoms with van der Waals surface area (Å²) in [5.74, 6) is 0.655. The van der Waals surface area contributed by atoms with E-state index in [1.165, 1.54) is 24.0 Å². The molecule has 2 heterocycles. The molecule has 0 bridgehead atoms. The Bertz CT molecular complexity index is 504. The van der Waals surface area contributed by atoms with Gasteiger partial charge in [0.05, 0.1) is 0 Å². The van der Waals surface area contributed by atoms with Crippen molar-refractivity contribution in [2.45, 2.75) is 18.8 Å². The largest absolute Gasteiger partial charge is 0.317 e. The quantitative estimate of drug-likeness (QED) is 0.875. The summed E-state index contributed by atoms with van der Waals surface area (Å²) in [5, 5.41) is 3.42. The lowest BCUT2D eigenvalue weighted by Gasteiger charge is -2.25. The van der Waals surface area contributed by atoms with Gasteiger partial charge in [0.15, 0.2) is 0 Å². The Hall–Kier alpha value is -1.74. The monoisotopic (exact) mass is 239 g/mol. The first kappa shape index (κ1) is 11.4. The van der Waals surface area contributed by atoms with Crippen LogP contribution in [0.25, 0.3) is 11.1 Å². The van der Waals surface area contributed by atoms with Crippen LogP contribution >= 0.6 is 0 Å². The van der Waals surface area contributed by atoms with Crippen molar-refractivity contribution in [2.24, 2.45) is 0 Å². The van der Waals surface area contributed by atoms with Gasteiger partial charge < -0.3 is 5.32 Å². The molecule has 1 N–H and O–H groups in total. The van der Waals surface area contributed by atoms with E-state index in [1.54, 1.807) is 6.33 Å². The predicted octanol–water partition coefficient (Wildman–Crippen LogP) is 2.61. The number of nitrogens with zero attached hydrogens (tertiary/aromatic N) is 2. The van der Waals surface area contributed by atoms with Crippen molar-refractivity contribution in [3.05, 3.63) is 48.5 Å². The second kappa shape index (κ2) is 5.27. The maximum atomic E-state index is 4.12. The van der Waals surface area contributed by atoms with E-state index in [0.717, 1.165) is 18.7 Å². The van der Waals surface area contributed by atoms with E-state index >= 15 is 0 Å². The van der Waals surface area contributed by atoms with Gasteiger partial charge >= 0.3 is 0 Å². The Morgan fingerprint density at radius 3 is 2.50 bits per heavy atom. The Balaban J connectivity index is 1.99. The van der Waals surface area contributed by atoms with Gasteiger partial charge in [0.2, 0.25) is 0 Å². The van der Waals surface area contributed by atoms with Gasteiger partial charge in [0.25, 0.3) is 0 Å². The number of benzene rings is 1. The van der Waals surface area contributed by atoms with Crippen LogP contribution in [0, 0.1) is 0 Å². The summed E-state index contributed by atoms with van der Waals surface area (Å²) >= 11 is 0. The van der Waals surface area contributed by atoms with Gasteiger partial charge in [0.1, 0.15) is 6.33 Å². The fourth-order valence-corrected chi connectivity index (χ4v) is 2.69. The first-order chi connectivity index (χ1) is 8.95. The highest BCUT2D eigenvalue weighted by atomic mass is 14.9. The lowest BCUT2D eigenvalue weighted by molar-refractivity contribution is 0.461. The minimum Gasteiger partial charge on any atom is -0.317 e. The number of piperidine rings is 1. The minimum absolute atomic E-state index is 0.655. The molecule has 3 heteroatoms. The van der Waals surface area contributed by atoms with Crippen molar-refractivity contribution >= 4 is 0 Å². The second-order valence-electron chi connectivity index (χ2n) is 4.74. The lowest BCUT2D eigenvalue weighted by Crippen LogP contribution is -2.26. The lowest BCUT2D eigenvalue weighted by atomic mass is 9.85. The number of hydrogen-bond donors (Lipinski definition) is 1. The summed E-state index contributed by atoms with van der Waals surface area (Å²) < 4.78 is 0. The van der Waals surface area contributed by atoms with Crippen LogP contribution in [0.5, 0.6) is 0 Å². The molecule has 1 aromatic carbocycles. The zero-order valence-corrected chi connectivity index (χ0v) is 10.3. The molecule has 0 spiro atoms. The molecular weight excluding hydrogens is 222 g/mol. The molecule has 0 aliphatic carbocycles. The van der Waals surface area contributed by atoms with Gasteiger partial charge in [-0.15, -0.1) is 0 Å². The standard InChI is InChI=1S/C15H17N3/c1-2-4-15(13-9-17-11-18-10-13)14(3-1)12-5-7-16-8-6-12/h1-4,9-12,16H,5-8H2. The van der Waals surface area contributed by atoms with Gasteiger partial charge in [0, 0.05) is 18.0 Å². The van der Waals surface area contributed by atoms with E-state index in [0.29, 0.717) is 5.92 Å². The number of nitrogens with one attached hydrogen (secondary N) is 1. The Labute approximate surface area is 107 Å². The molecule has 3 nitrogen and oxygen atoms in total. The molecule has 1 saturated heterocycles. The van der Waals surface area contributed by atoms with Crippen molar-refractivity contribution < 1.29 is 0 Å². The topological polar surface area (TPSA) is 37.8 Å². The van der Waals surface area contributed by atoms with Crippen molar-refractivity contribution in [3.63, 3.8) is 0 Å². The first-order valence-electron chi connectivity index (χ1n) is 6.50. The zero-order valence-electron chi connectivity index (χ0n) is 10.3. The third-order valence-electron chi connectivity index (χ3n) is 3.61. The molecule has 1 fully saturated rings. The maximum absolute atomic E-state index is 4.12. The number of rotatable bonds is 2. The molecule has 0 atom stereocenters. The van der Waals surface area contributed by atoms with Gasteiger partial charge in [-0.25, -0.2) is 9.97 Å². The van der Waals surface area contributed by atoms with Crippen LogP contribution in [0.2, 0.25) is 0 Å². The SMILES string of the molecule is c1ccc(C2CCNCC2)c(-c2cncnc2)c1. The molecular formula is C15H17N3. The molecule has 18 heavy (non-hydrogen) atoms. The summed E-state index contributed by atoms with van der Waals surface area (Å²) in [6.07, 6.45) is 7.80. The molecule has 0 unspecified atom stereocenters. The Kier molecular flexibility index (Phi) is 3.33. The molecule has 3 rings (SSSR count). The van der Waals surface area contributed by atoms with E-state index in [9.17, 15) is 0 Å². The van der Waals surface area contributed by atoms with Gasteiger partial charge in [-0.2, -0.15) is 0 Å². The Morgan fingerprint density at radius 2 is 1.72 bits per heavy atom. The molecule has 1 aliphatic heterocycles. The van der Waals surface area contributed by atoms with E-state index < -0.39 is 0 Å². The van der Waals surface area contributed by atoms with Gasteiger partial charge in [-0.3, -0.25) is 0 Å². The third kappa shape index (κ3) is 2.27. The average molecular weight is 239 g/mol. The summed E-state index contributed by atoms with van der Waals surface area (Å²) in [7, 11) is 0. The maximum Gasteiger partial charge on any atom is 0.115 e. The third-order valence-corrected chi connectivity index (χ3v) is 3.61.